The van der Waals surface area contributed by atoms with Gasteiger partial charge in [-0.05, 0) is 0 Å². The Kier molecular flexibility index (Phi) is 6.19. The predicted molar refractivity (Wildman–Crippen MR) is 71.0 cm³/mol. The van der Waals surface area contributed by atoms with Crippen LogP contribution in [0.5, 0.6) is 0 Å². The number of nitrogens with zero attached hydrogens (tertiary/aromatic N) is 5. The Bertz CT molecular complexity index is 386. The summed E-state index contributed by atoms with van der Waals surface area (Å²) < 4.78 is 0. The quantitative estimate of drug-likeness (QED) is 0.411. The molecule has 1 heterocycles. The zero-order chi connectivity index (χ0) is 14.3. The third-order valence-electron chi connectivity index (χ3n) is 2.43. The van der Waals surface area contributed by atoms with Crippen LogP contribution in [0.1, 0.15) is 0 Å². The summed E-state index contributed by atoms with van der Waals surface area (Å²) in [6.45, 7) is 0.721. The number of aliphatic hydroxyl groups is 3. The van der Waals surface area contributed by atoms with E-state index in [0.717, 1.165) is 0 Å². The summed E-state index contributed by atoms with van der Waals surface area (Å²) in [5.41, 5.74) is 5.62. The average molecular weight is 272 g/mol. The first-order valence-corrected chi connectivity index (χ1v) is 5.92. The minimum absolute atomic E-state index is 0.0333. The van der Waals surface area contributed by atoms with Crippen LogP contribution in [0, 0.1) is 0 Å². The maximum absolute atomic E-state index is 8.99. The number of aliphatic hydroxyl groups excluding tert-OH is 3. The average Bonchev–Trinajstić information content (AvgIpc) is 2.38. The second-order valence-electron chi connectivity index (χ2n) is 3.87. The summed E-state index contributed by atoms with van der Waals surface area (Å²) in [5.74, 6) is 0.665. The van der Waals surface area contributed by atoms with Crippen LogP contribution in [0.3, 0.4) is 0 Å². The third kappa shape index (κ3) is 4.47. The van der Waals surface area contributed by atoms with Crippen LogP contribution in [0.15, 0.2) is 0 Å². The van der Waals surface area contributed by atoms with E-state index in [-0.39, 0.29) is 44.8 Å². The Labute approximate surface area is 111 Å². The summed E-state index contributed by atoms with van der Waals surface area (Å²) in [6.07, 6.45) is 0. The van der Waals surface area contributed by atoms with Crippen molar-refractivity contribution in [2.45, 2.75) is 0 Å². The normalized spacial score (nSPS) is 10.5. The van der Waals surface area contributed by atoms with Crippen LogP contribution in [-0.4, -0.2) is 76.8 Å². The summed E-state index contributed by atoms with van der Waals surface area (Å²) in [7, 11) is 1.72. The Morgan fingerprint density at radius 2 is 1.42 bits per heavy atom. The number of nitrogen functional groups attached to an aromatic ring is 1. The van der Waals surface area contributed by atoms with Crippen LogP contribution >= 0.6 is 0 Å². The summed E-state index contributed by atoms with van der Waals surface area (Å²) in [6, 6.07) is 0. The molecule has 0 bridgehead atoms. The molecule has 0 saturated carbocycles. The minimum Gasteiger partial charge on any atom is -0.395 e. The number of anilines is 3. The summed E-state index contributed by atoms with van der Waals surface area (Å²) in [4.78, 5) is 15.4. The van der Waals surface area contributed by atoms with Gasteiger partial charge in [0.15, 0.2) is 0 Å². The van der Waals surface area contributed by atoms with Gasteiger partial charge in [0, 0.05) is 26.7 Å². The Hall–Kier alpha value is -1.71. The molecule has 0 aliphatic rings. The molecule has 0 saturated heterocycles. The molecule has 0 aliphatic heterocycles. The van der Waals surface area contributed by atoms with Crippen LogP contribution in [0.2, 0.25) is 0 Å². The van der Waals surface area contributed by atoms with Crippen molar-refractivity contribution in [3.05, 3.63) is 0 Å². The van der Waals surface area contributed by atoms with Crippen molar-refractivity contribution in [2.24, 2.45) is 0 Å². The smallest absolute Gasteiger partial charge is 0.232 e. The third-order valence-corrected chi connectivity index (χ3v) is 2.43. The molecule has 9 heteroatoms. The second-order valence-corrected chi connectivity index (χ2v) is 3.87. The number of aromatic nitrogens is 3. The first kappa shape index (κ1) is 15.3. The molecule has 0 aromatic carbocycles. The van der Waals surface area contributed by atoms with E-state index in [4.69, 9.17) is 21.1 Å². The predicted octanol–water partition coefficient (Wildman–Crippen LogP) is -2.33. The van der Waals surface area contributed by atoms with Gasteiger partial charge in [0.2, 0.25) is 17.8 Å². The molecule has 1 aromatic rings. The fraction of sp³-hybridized carbons (Fsp3) is 0.700. The van der Waals surface area contributed by atoms with E-state index < -0.39 is 0 Å². The molecule has 0 spiro atoms. The van der Waals surface area contributed by atoms with Gasteiger partial charge in [-0.2, -0.15) is 15.0 Å². The number of rotatable bonds is 8. The molecule has 0 aliphatic carbocycles. The lowest BCUT2D eigenvalue weighted by Crippen LogP contribution is -2.33. The molecule has 5 N–H and O–H groups in total. The molecule has 108 valence electrons. The molecule has 0 atom stereocenters. The van der Waals surface area contributed by atoms with Crippen LogP contribution in [-0.2, 0) is 0 Å². The van der Waals surface area contributed by atoms with Gasteiger partial charge in [-0.25, -0.2) is 0 Å². The number of likely N-dealkylation sites (N-methyl/N-ethyl adjacent to an activating group) is 1. The fourth-order valence-electron chi connectivity index (χ4n) is 1.48. The van der Waals surface area contributed by atoms with Crippen molar-refractivity contribution in [2.75, 3.05) is 62.0 Å². The second kappa shape index (κ2) is 7.67. The van der Waals surface area contributed by atoms with Crippen molar-refractivity contribution in [1.29, 1.82) is 0 Å². The zero-order valence-electron chi connectivity index (χ0n) is 10.9. The number of hydrogen-bond donors (Lipinski definition) is 4. The standard InChI is InChI=1S/C10H20N6O3/c1-15(2-5-17)9-12-8(11)13-10(14-9)16(3-6-18)4-7-19/h17-19H,2-7H2,1H3,(H2,11,12,13,14). The van der Waals surface area contributed by atoms with E-state index in [1.54, 1.807) is 16.8 Å². The van der Waals surface area contributed by atoms with Crippen molar-refractivity contribution in [3.8, 4) is 0 Å². The van der Waals surface area contributed by atoms with Crippen molar-refractivity contribution >= 4 is 17.8 Å². The van der Waals surface area contributed by atoms with Gasteiger partial charge >= 0.3 is 0 Å². The highest BCUT2D eigenvalue weighted by Gasteiger charge is 2.13. The molecular weight excluding hydrogens is 252 g/mol. The van der Waals surface area contributed by atoms with Gasteiger partial charge in [0.1, 0.15) is 0 Å². The van der Waals surface area contributed by atoms with Crippen LogP contribution in [0.25, 0.3) is 0 Å². The molecule has 0 amide bonds. The maximum atomic E-state index is 8.99. The lowest BCUT2D eigenvalue weighted by atomic mass is 10.5. The lowest BCUT2D eigenvalue weighted by molar-refractivity contribution is 0.280. The topological polar surface area (TPSA) is 132 Å². The minimum atomic E-state index is -0.0899. The van der Waals surface area contributed by atoms with Crippen LogP contribution < -0.4 is 15.5 Å². The summed E-state index contributed by atoms with van der Waals surface area (Å²) >= 11 is 0. The highest BCUT2D eigenvalue weighted by atomic mass is 16.3. The molecule has 9 nitrogen and oxygen atoms in total. The Balaban J connectivity index is 2.99. The fourth-order valence-corrected chi connectivity index (χ4v) is 1.48. The van der Waals surface area contributed by atoms with E-state index in [9.17, 15) is 0 Å². The number of nitrogens with two attached hydrogens (primary N) is 1. The Morgan fingerprint density at radius 3 is 1.95 bits per heavy atom. The van der Waals surface area contributed by atoms with Crippen molar-refractivity contribution < 1.29 is 15.3 Å². The lowest BCUT2D eigenvalue weighted by Gasteiger charge is -2.22. The molecule has 0 unspecified atom stereocenters. The highest BCUT2D eigenvalue weighted by Crippen LogP contribution is 2.13. The van der Waals surface area contributed by atoms with E-state index in [1.807, 2.05) is 0 Å². The Morgan fingerprint density at radius 1 is 0.895 bits per heavy atom. The molecule has 0 fully saturated rings. The van der Waals surface area contributed by atoms with Crippen LogP contribution in [0.4, 0.5) is 17.8 Å². The van der Waals surface area contributed by atoms with Gasteiger partial charge in [0.05, 0.1) is 19.8 Å². The van der Waals surface area contributed by atoms with E-state index in [2.05, 4.69) is 15.0 Å². The first-order chi connectivity index (χ1) is 9.12. The van der Waals surface area contributed by atoms with E-state index in [1.165, 1.54) is 0 Å². The maximum Gasteiger partial charge on any atom is 0.232 e. The highest BCUT2D eigenvalue weighted by molar-refractivity contribution is 5.43. The molecule has 0 radical (unpaired) electrons. The molecule has 1 aromatic heterocycles. The SMILES string of the molecule is CN(CCO)c1nc(N)nc(N(CCO)CCO)n1. The molecule has 19 heavy (non-hydrogen) atoms. The molecular formula is C10H20N6O3. The summed E-state index contributed by atoms with van der Waals surface area (Å²) in [5, 5.41) is 26.9. The first-order valence-electron chi connectivity index (χ1n) is 5.92. The number of hydrogen-bond acceptors (Lipinski definition) is 9. The van der Waals surface area contributed by atoms with Gasteiger partial charge < -0.3 is 30.9 Å². The van der Waals surface area contributed by atoms with Gasteiger partial charge in [-0.1, -0.05) is 0 Å². The van der Waals surface area contributed by atoms with Gasteiger partial charge in [-0.3, -0.25) is 0 Å². The zero-order valence-corrected chi connectivity index (χ0v) is 10.9. The van der Waals surface area contributed by atoms with E-state index in [0.29, 0.717) is 12.5 Å². The van der Waals surface area contributed by atoms with Crippen molar-refractivity contribution in [1.82, 2.24) is 15.0 Å². The van der Waals surface area contributed by atoms with E-state index >= 15 is 0 Å². The van der Waals surface area contributed by atoms with Crippen molar-refractivity contribution in [3.63, 3.8) is 0 Å². The largest absolute Gasteiger partial charge is 0.395 e. The van der Waals surface area contributed by atoms with Gasteiger partial charge in [0.25, 0.3) is 0 Å². The van der Waals surface area contributed by atoms with Gasteiger partial charge in [-0.15, -0.1) is 0 Å². The molecule has 1 rings (SSSR count). The monoisotopic (exact) mass is 272 g/mol.